The molecule has 0 bridgehead atoms. The van der Waals surface area contributed by atoms with E-state index in [1.54, 1.807) is 0 Å². The van der Waals surface area contributed by atoms with Gasteiger partial charge >= 0.3 is 0 Å². The summed E-state index contributed by atoms with van der Waals surface area (Å²) >= 11 is 0. The van der Waals surface area contributed by atoms with Crippen molar-refractivity contribution in [1.29, 1.82) is 0 Å². The van der Waals surface area contributed by atoms with Crippen LogP contribution in [0, 0.1) is 13.8 Å². The fourth-order valence-electron chi connectivity index (χ4n) is 3.61. The minimum Gasteiger partial charge on any atom is -0.356 e. The SMILES string of the molecule is Cc1nccc(N2CCCC(c3nnc(Cn4ccnc4C)n3C)C2)n1. The zero-order valence-electron chi connectivity index (χ0n) is 15.5. The lowest BCUT2D eigenvalue weighted by Gasteiger charge is -2.33. The molecule has 3 aromatic rings. The highest BCUT2D eigenvalue weighted by molar-refractivity contribution is 5.38. The summed E-state index contributed by atoms with van der Waals surface area (Å²) in [7, 11) is 2.06. The van der Waals surface area contributed by atoms with Gasteiger partial charge in [0.2, 0.25) is 0 Å². The third-order valence-electron chi connectivity index (χ3n) is 5.11. The lowest BCUT2D eigenvalue weighted by atomic mass is 9.97. The Morgan fingerprint density at radius 1 is 1.15 bits per heavy atom. The number of piperidine rings is 1. The quantitative estimate of drug-likeness (QED) is 0.713. The van der Waals surface area contributed by atoms with Crippen LogP contribution in [-0.4, -0.2) is 47.4 Å². The summed E-state index contributed by atoms with van der Waals surface area (Å²) in [5, 5.41) is 8.95. The van der Waals surface area contributed by atoms with Gasteiger partial charge in [-0.25, -0.2) is 15.0 Å². The highest BCUT2D eigenvalue weighted by atomic mass is 15.3. The van der Waals surface area contributed by atoms with Crippen molar-refractivity contribution < 1.29 is 0 Å². The lowest BCUT2D eigenvalue weighted by molar-refractivity contribution is 0.475. The van der Waals surface area contributed by atoms with E-state index in [0.717, 1.165) is 55.0 Å². The molecule has 0 amide bonds. The highest BCUT2D eigenvalue weighted by Crippen LogP contribution is 2.28. The topological polar surface area (TPSA) is 77.5 Å². The molecule has 136 valence electrons. The first-order chi connectivity index (χ1) is 12.6. The van der Waals surface area contributed by atoms with Crippen molar-refractivity contribution in [3.05, 3.63) is 48.0 Å². The number of imidazole rings is 1. The van der Waals surface area contributed by atoms with Crippen LogP contribution in [0.3, 0.4) is 0 Å². The molecule has 8 heteroatoms. The van der Waals surface area contributed by atoms with Crippen LogP contribution in [0.4, 0.5) is 5.82 Å². The molecular weight excluding hydrogens is 328 g/mol. The average molecular weight is 352 g/mol. The molecule has 1 aliphatic rings. The van der Waals surface area contributed by atoms with Gasteiger partial charge in [-0.15, -0.1) is 10.2 Å². The summed E-state index contributed by atoms with van der Waals surface area (Å²) in [5.74, 6) is 5.15. The number of aromatic nitrogens is 7. The second-order valence-electron chi connectivity index (χ2n) is 6.88. The first-order valence-corrected chi connectivity index (χ1v) is 9.02. The van der Waals surface area contributed by atoms with Gasteiger partial charge in [0.25, 0.3) is 0 Å². The predicted octanol–water partition coefficient (Wildman–Crippen LogP) is 1.85. The molecule has 1 fully saturated rings. The molecule has 1 unspecified atom stereocenters. The van der Waals surface area contributed by atoms with Crippen LogP contribution in [0.1, 0.15) is 42.1 Å². The van der Waals surface area contributed by atoms with Crippen molar-refractivity contribution >= 4 is 5.82 Å². The summed E-state index contributed by atoms with van der Waals surface area (Å²) in [5.41, 5.74) is 0. The summed E-state index contributed by atoms with van der Waals surface area (Å²) in [4.78, 5) is 15.4. The Labute approximate surface area is 152 Å². The van der Waals surface area contributed by atoms with Crippen LogP contribution in [-0.2, 0) is 13.6 Å². The minimum atomic E-state index is 0.356. The highest BCUT2D eigenvalue weighted by Gasteiger charge is 2.26. The van der Waals surface area contributed by atoms with E-state index < -0.39 is 0 Å². The van der Waals surface area contributed by atoms with E-state index in [1.807, 2.05) is 38.5 Å². The van der Waals surface area contributed by atoms with Gasteiger partial charge in [-0.05, 0) is 32.8 Å². The summed E-state index contributed by atoms with van der Waals surface area (Å²) in [6.07, 6.45) is 7.86. The third kappa shape index (κ3) is 3.18. The van der Waals surface area contributed by atoms with Crippen molar-refractivity contribution in [2.24, 2.45) is 7.05 Å². The summed E-state index contributed by atoms with van der Waals surface area (Å²) < 4.78 is 4.23. The molecule has 1 atom stereocenters. The molecular formula is C18H24N8. The standard InChI is InChI=1S/C18H24N8/c1-13-19-7-6-16(21-13)26-9-4-5-15(11-26)18-23-22-17(24(18)3)12-25-10-8-20-14(25)2/h6-8,10,15H,4-5,9,11-12H2,1-3H3. The number of hydrogen-bond donors (Lipinski definition) is 0. The maximum Gasteiger partial charge on any atom is 0.152 e. The van der Waals surface area contributed by atoms with Crippen molar-refractivity contribution in [3.8, 4) is 0 Å². The van der Waals surface area contributed by atoms with E-state index in [0.29, 0.717) is 12.5 Å². The Kier molecular flexibility index (Phi) is 4.40. The number of nitrogens with zero attached hydrogens (tertiary/aromatic N) is 8. The fourth-order valence-corrected chi connectivity index (χ4v) is 3.61. The number of hydrogen-bond acceptors (Lipinski definition) is 6. The maximum atomic E-state index is 4.57. The second kappa shape index (κ2) is 6.86. The Morgan fingerprint density at radius 3 is 2.81 bits per heavy atom. The second-order valence-corrected chi connectivity index (χ2v) is 6.88. The van der Waals surface area contributed by atoms with Crippen LogP contribution >= 0.6 is 0 Å². The molecule has 0 aliphatic carbocycles. The first kappa shape index (κ1) is 16.7. The Balaban J connectivity index is 1.53. The van der Waals surface area contributed by atoms with Gasteiger partial charge in [-0.1, -0.05) is 0 Å². The van der Waals surface area contributed by atoms with Crippen molar-refractivity contribution in [2.45, 2.75) is 39.2 Å². The van der Waals surface area contributed by atoms with Crippen LogP contribution in [0.2, 0.25) is 0 Å². The van der Waals surface area contributed by atoms with E-state index in [1.165, 1.54) is 0 Å². The maximum absolute atomic E-state index is 4.57. The number of rotatable bonds is 4. The van der Waals surface area contributed by atoms with Crippen LogP contribution in [0.15, 0.2) is 24.7 Å². The molecule has 8 nitrogen and oxygen atoms in total. The Morgan fingerprint density at radius 2 is 2.04 bits per heavy atom. The van der Waals surface area contributed by atoms with Crippen LogP contribution < -0.4 is 4.90 Å². The summed E-state index contributed by atoms with van der Waals surface area (Å²) in [6.45, 7) is 6.55. The van der Waals surface area contributed by atoms with Crippen molar-refractivity contribution in [3.63, 3.8) is 0 Å². The van der Waals surface area contributed by atoms with E-state index in [-0.39, 0.29) is 0 Å². The van der Waals surface area contributed by atoms with Gasteiger partial charge in [-0.2, -0.15) is 0 Å². The normalized spacial score (nSPS) is 17.7. The largest absolute Gasteiger partial charge is 0.356 e. The molecule has 1 saturated heterocycles. The fraction of sp³-hybridized carbons (Fsp3) is 0.500. The van der Waals surface area contributed by atoms with Crippen LogP contribution in [0.25, 0.3) is 0 Å². The molecule has 0 saturated carbocycles. The van der Waals surface area contributed by atoms with Gasteiger partial charge in [-0.3, -0.25) is 0 Å². The van der Waals surface area contributed by atoms with Crippen molar-refractivity contribution in [2.75, 3.05) is 18.0 Å². The van der Waals surface area contributed by atoms with Gasteiger partial charge in [0.15, 0.2) is 5.82 Å². The van der Waals surface area contributed by atoms with Gasteiger partial charge in [0, 0.05) is 44.6 Å². The molecule has 4 rings (SSSR count). The number of anilines is 1. The first-order valence-electron chi connectivity index (χ1n) is 9.02. The van der Waals surface area contributed by atoms with Gasteiger partial charge < -0.3 is 14.0 Å². The van der Waals surface area contributed by atoms with E-state index in [4.69, 9.17) is 0 Å². The molecule has 0 radical (unpaired) electrons. The molecule has 3 aromatic heterocycles. The lowest BCUT2D eigenvalue weighted by Crippen LogP contribution is -2.36. The smallest absolute Gasteiger partial charge is 0.152 e. The third-order valence-corrected chi connectivity index (χ3v) is 5.11. The van der Waals surface area contributed by atoms with E-state index in [9.17, 15) is 0 Å². The molecule has 0 N–H and O–H groups in total. The molecule has 0 aromatic carbocycles. The summed E-state index contributed by atoms with van der Waals surface area (Å²) in [6, 6.07) is 1.99. The Hall–Kier alpha value is -2.77. The number of aryl methyl sites for hydroxylation is 2. The van der Waals surface area contributed by atoms with Gasteiger partial charge in [0.05, 0.1) is 6.54 Å². The molecule has 0 spiro atoms. The minimum absolute atomic E-state index is 0.356. The zero-order chi connectivity index (χ0) is 18.1. The van der Waals surface area contributed by atoms with Crippen molar-refractivity contribution in [1.82, 2.24) is 34.3 Å². The van der Waals surface area contributed by atoms with E-state index in [2.05, 4.69) is 46.2 Å². The monoisotopic (exact) mass is 352 g/mol. The zero-order valence-corrected chi connectivity index (χ0v) is 15.5. The van der Waals surface area contributed by atoms with E-state index >= 15 is 0 Å². The Bertz CT molecular complexity index is 896. The van der Waals surface area contributed by atoms with Crippen LogP contribution in [0.5, 0.6) is 0 Å². The molecule has 26 heavy (non-hydrogen) atoms. The molecule has 4 heterocycles. The average Bonchev–Trinajstić information content (AvgIpc) is 3.22. The predicted molar refractivity (Wildman–Crippen MR) is 98.0 cm³/mol. The molecule has 1 aliphatic heterocycles. The van der Waals surface area contributed by atoms with Gasteiger partial charge in [0.1, 0.15) is 23.3 Å².